The maximum Gasteiger partial charge on any atom is 0.337 e. The second-order valence-corrected chi connectivity index (χ2v) is 4.33. The molecule has 3 nitrogen and oxygen atoms in total. The summed E-state index contributed by atoms with van der Waals surface area (Å²) in [6.45, 7) is 10.6. The third-order valence-corrected chi connectivity index (χ3v) is 2.52. The Labute approximate surface area is 99.8 Å². The molecule has 1 aromatic rings. The second-order valence-electron chi connectivity index (χ2n) is 3.89. The van der Waals surface area contributed by atoms with Crippen LogP contribution in [-0.4, -0.2) is 13.1 Å². The van der Waals surface area contributed by atoms with Crippen molar-refractivity contribution < 1.29 is 9.53 Å². The molecule has 0 aliphatic carbocycles. The van der Waals surface area contributed by atoms with Crippen LogP contribution >= 0.6 is 11.6 Å². The second kappa shape index (κ2) is 4.54. The first kappa shape index (κ1) is 12.5. The fourth-order valence-corrected chi connectivity index (χ4v) is 1.48. The van der Waals surface area contributed by atoms with E-state index in [1.807, 2.05) is 0 Å². The van der Waals surface area contributed by atoms with Crippen LogP contribution in [0.4, 0.5) is 0 Å². The van der Waals surface area contributed by atoms with Gasteiger partial charge in [0.1, 0.15) is 0 Å². The molecule has 0 saturated heterocycles. The Hall–Kier alpha value is -1.53. The fourth-order valence-electron chi connectivity index (χ4n) is 1.24. The molecule has 0 N–H and O–H groups in total. The number of benzene rings is 1. The molecule has 0 unspecified atom stereocenters. The summed E-state index contributed by atoms with van der Waals surface area (Å²) in [4.78, 5) is 14.9. The highest BCUT2D eigenvalue weighted by molar-refractivity contribution is 6.31. The molecule has 0 bridgehead atoms. The number of hydrogen-bond donors (Lipinski definition) is 0. The van der Waals surface area contributed by atoms with Crippen LogP contribution in [0.15, 0.2) is 18.2 Å². The molecular weight excluding hydrogens is 226 g/mol. The quantitative estimate of drug-likeness (QED) is 0.584. The van der Waals surface area contributed by atoms with E-state index in [2.05, 4.69) is 9.58 Å². The van der Waals surface area contributed by atoms with Gasteiger partial charge in [-0.3, -0.25) is 0 Å². The topological polar surface area (TPSA) is 30.7 Å². The molecule has 0 aliphatic heterocycles. The summed E-state index contributed by atoms with van der Waals surface area (Å²) < 4.78 is 4.62. The van der Waals surface area contributed by atoms with Crippen LogP contribution in [0.2, 0.25) is 5.02 Å². The summed E-state index contributed by atoms with van der Waals surface area (Å²) in [5.41, 5.74) is 0.366. The molecule has 0 heterocycles. The van der Waals surface area contributed by atoms with Gasteiger partial charge in [0, 0.05) is 24.4 Å². The van der Waals surface area contributed by atoms with Gasteiger partial charge < -0.3 is 9.58 Å². The van der Waals surface area contributed by atoms with E-state index in [1.165, 1.54) is 13.2 Å². The Morgan fingerprint density at radius 1 is 1.44 bits per heavy atom. The normalized spacial score (nSPS) is 10.7. The van der Waals surface area contributed by atoms with E-state index >= 15 is 0 Å². The zero-order chi connectivity index (χ0) is 12.3. The Bertz CT molecular complexity index is 461. The summed E-state index contributed by atoms with van der Waals surface area (Å²) in [5.74, 6) is -0.454. The average molecular weight is 238 g/mol. The summed E-state index contributed by atoms with van der Waals surface area (Å²) >= 11 is 5.90. The van der Waals surface area contributed by atoms with Crippen LogP contribution in [0.1, 0.15) is 29.8 Å². The van der Waals surface area contributed by atoms with Crippen molar-refractivity contribution in [2.24, 2.45) is 0 Å². The molecule has 1 rings (SSSR count). The first-order valence-electron chi connectivity index (χ1n) is 4.68. The summed E-state index contributed by atoms with van der Waals surface area (Å²) in [6.07, 6.45) is 0. The van der Waals surface area contributed by atoms with Gasteiger partial charge in [-0.05, 0) is 18.2 Å². The number of esters is 1. The van der Waals surface area contributed by atoms with Gasteiger partial charge in [0.15, 0.2) is 0 Å². The van der Waals surface area contributed by atoms with Gasteiger partial charge >= 0.3 is 5.97 Å². The van der Waals surface area contributed by atoms with Crippen LogP contribution < -0.4 is 0 Å². The summed E-state index contributed by atoms with van der Waals surface area (Å²) in [5, 5.41) is 0.426. The number of hydrogen-bond acceptors (Lipinski definition) is 2. The zero-order valence-electron chi connectivity index (χ0n) is 9.37. The fraction of sp³-hybridized carbons (Fsp3) is 0.333. The Morgan fingerprint density at radius 3 is 2.56 bits per heavy atom. The van der Waals surface area contributed by atoms with E-state index < -0.39 is 11.5 Å². The van der Waals surface area contributed by atoms with E-state index in [0.717, 1.165) is 0 Å². The van der Waals surface area contributed by atoms with Crippen LogP contribution in [0, 0.1) is 6.57 Å². The van der Waals surface area contributed by atoms with E-state index in [4.69, 9.17) is 18.2 Å². The lowest BCUT2D eigenvalue weighted by Crippen LogP contribution is -2.13. The molecule has 0 aliphatic rings. The van der Waals surface area contributed by atoms with Gasteiger partial charge in [-0.15, -0.1) is 0 Å². The molecule has 0 amide bonds. The van der Waals surface area contributed by atoms with E-state index in [-0.39, 0.29) is 0 Å². The smallest absolute Gasteiger partial charge is 0.337 e. The Kier molecular flexibility index (Phi) is 3.56. The number of ether oxygens (including phenoxy) is 1. The molecule has 4 heteroatoms. The monoisotopic (exact) mass is 237 g/mol. The van der Waals surface area contributed by atoms with E-state index in [9.17, 15) is 4.79 Å². The van der Waals surface area contributed by atoms with Crippen LogP contribution in [-0.2, 0) is 10.3 Å². The predicted octanol–water partition coefficient (Wildman–Crippen LogP) is 3.28. The van der Waals surface area contributed by atoms with Crippen molar-refractivity contribution in [2.45, 2.75) is 19.4 Å². The molecular formula is C12H12ClNO2. The van der Waals surface area contributed by atoms with Crippen molar-refractivity contribution >= 4 is 17.6 Å². The maximum atomic E-state index is 11.4. The predicted molar refractivity (Wildman–Crippen MR) is 62.4 cm³/mol. The number of carbonyl (C=O) groups excluding carboxylic acids is 1. The van der Waals surface area contributed by atoms with Crippen molar-refractivity contribution in [3.63, 3.8) is 0 Å². The van der Waals surface area contributed by atoms with Crippen molar-refractivity contribution in [1.82, 2.24) is 0 Å². The first-order chi connectivity index (χ1) is 7.40. The van der Waals surface area contributed by atoms with Crippen molar-refractivity contribution in [3.8, 4) is 0 Å². The largest absolute Gasteiger partial charge is 0.465 e. The molecule has 0 aromatic heterocycles. The van der Waals surface area contributed by atoms with Gasteiger partial charge in [-0.1, -0.05) is 11.6 Å². The standard InChI is InChI=1S/C12H12ClNO2/c1-12(2,14-3)9-5-8(11(15)16-4)6-10(13)7-9/h5-7H,1-2,4H3. The third kappa shape index (κ3) is 2.53. The highest BCUT2D eigenvalue weighted by Gasteiger charge is 2.27. The number of halogens is 1. The number of methoxy groups -OCH3 is 1. The number of carbonyl (C=O) groups is 1. The van der Waals surface area contributed by atoms with E-state index in [1.54, 1.807) is 26.0 Å². The highest BCUT2D eigenvalue weighted by Crippen LogP contribution is 2.28. The summed E-state index contributed by atoms with van der Waals surface area (Å²) in [6, 6.07) is 4.85. The molecule has 84 valence electrons. The SMILES string of the molecule is [C-]#[N+]C(C)(C)c1cc(Cl)cc(C(=O)OC)c1. The Morgan fingerprint density at radius 2 is 2.06 bits per heavy atom. The molecule has 0 saturated carbocycles. The average Bonchev–Trinajstić information content (AvgIpc) is 2.27. The lowest BCUT2D eigenvalue weighted by molar-refractivity contribution is 0.0600. The highest BCUT2D eigenvalue weighted by atomic mass is 35.5. The molecule has 16 heavy (non-hydrogen) atoms. The van der Waals surface area contributed by atoms with Crippen molar-refractivity contribution in [2.75, 3.05) is 7.11 Å². The van der Waals surface area contributed by atoms with Gasteiger partial charge in [0.25, 0.3) is 5.54 Å². The number of rotatable bonds is 2. The van der Waals surface area contributed by atoms with Crippen molar-refractivity contribution in [3.05, 3.63) is 45.8 Å². The molecule has 0 atom stereocenters. The Balaban J connectivity index is 3.30. The minimum absolute atomic E-state index is 0.363. The van der Waals surface area contributed by atoms with Gasteiger partial charge in [-0.25, -0.2) is 11.4 Å². The molecule has 1 aromatic carbocycles. The minimum atomic E-state index is -0.701. The van der Waals surface area contributed by atoms with Crippen LogP contribution in [0.5, 0.6) is 0 Å². The van der Waals surface area contributed by atoms with Gasteiger partial charge in [-0.2, -0.15) is 0 Å². The summed E-state index contributed by atoms with van der Waals surface area (Å²) in [7, 11) is 1.31. The maximum absolute atomic E-state index is 11.4. The van der Waals surface area contributed by atoms with Crippen LogP contribution in [0.3, 0.4) is 0 Å². The van der Waals surface area contributed by atoms with E-state index in [0.29, 0.717) is 16.1 Å². The minimum Gasteiger partial charge on any atom is -0.465 e. The lowest BCUT2D eigenvalue weighted by atomic mass is 9.94. The molecule has 0 spiro atoms. The van der Waals surface area contributed by atoms with Crippen molar-refractivity contribution in [1.29, 1.82) is 0 Å². The lowest BCUT2D eigenvalue weighted by Gasteiger charge is -2.13. The zero-order valence-corrected chi connectivity index (χ0v) is 10.1. The van der Waals surface area contributed by atoms with Gasteiger partial charge in [0.05, 0.1) is 12.7 Å². The third-order valence-electron chi connectivity index (χ3n) is 2.30. The van der Waals surface area contributed by atoms with Crippen LogP contribution in [0.25, 0.3) is 4.85 Å². The van der Waals surface area contributed by atoms with Gasteiger partial charge in [0.2, 0.25) is 0 Å². The molecule has 0 fully saturated rings. The first-order valence-corrected chi connectivity index (χ1v) is 5.06. The number of nitrogens with zero attached hydrogens (tertiary/aromatic N) is 1. The molecule has 0 radical (unpaired) electrons.